The Labute approximate surface area is 206 Å². The van der Waals surface area contributed by atoms with Crippen LogP contribution in [0, 0.1) is 0 Å². The molecule has 8 heteroatoms. The number of benzene rings is 1. The highest BCUT2D eigenvalue weighted by Crippen LogP contribution is 2.27. The van der Waals surface area contributed by atoms with Crippen LogP contribution in [-0.4, -0.2) is 52.8 Å². The maximum atomic E-state index is 12.2. The number of carbonyl (C=O) groups excluding carboxylic acids is 2. The van der Waals surface area contributed by atoms with Crippen LogP contribution >= 0.6 is 0 Å². The number of hydrogen-bond donors (Lipinski definition) is 1. The summed E-state index contributed by atoms with van der Waals surface area (Å²) in [4.78, 5) is 29.7. The zero-order chi connectivity index (χ0) is 25.4. The van der Waals surface area contributed by atoms with Crippen molar-refractivity contribution in [1.82, 2.24) is 19.8 Å². The second kappa shape index (κ2) is 11.7. The van der Waals surface area contributed by atoms with Crippen molar-refractivity contribution in [3.63, 3.8) is 0 Å². The van der Waals surface area contributed by atoms with Gasteiger partial charge in [-0.1, -0.05) is 36.4 Å². The molecule has 0 fully saturated rings. The SMILES string of the molecule is COC(C)(C)C.Cn1ccc2nc(CNC(=O)OCc3ccccc3)c(C3=CCN(C=O)C3)cc21. The topological polar surface area (TPSA) is 85.7 Å². The van der Waals surface area contributed by atoms with E-state index in [9.17, 15) is 9.59 Å². The van der Waals surface area contributed by atoms with Crippen LogP contribution in [0.2, 0.25) is 0 Å². The third-order valence-electron chi connectivity index (χ3n) is 5.61. The smallest absolute Gasteiger partial charge is 0.407 e. The fraction of sp³-hybridized carbons (Fsp3) is 0.370. The molecule has 8 nitrogen and oxygen atoms in total. The van der Waals surface area contributed by atoms with Gasteiger partial charge in [-0.15, -0.1) is 0 Å². The molecular formula is C27H34N4O4. The molecule has 0 saturated heterocycles. The first-order valence-corrected chi connectivity index (χ1v) is 11.5. The molecule has 3 aromatic rings. The number of aromatic nitrogens is 2. The third-order valence-corrected chi connectivity index (χ3v) is 5.61. The van der Waals surface area contributed by atoms with Gasteiger partial charge < -0.3 is 24.3 Å². The fourth-order valence-electron chi connectivity index (χ4n) is 3.42. The molecule has 1 aromatic carbocycles. The highest BCUT2D eigenvalue weighted by molar-refractivity contribution is 5.83. The van der Waals surface area contributed by atoms with Crippen molar-refractivity contribution in [1.29, 1.82) is 0 Å². The van der Waals surface area contributed by atoms with Crippen LogP contribution in [0.15, 0.2) is 54.7 Å². The summed E-state index contributed by atoms with van der Waals surface area (Å²) in [6.45, 7) is 7.63. The van der Waals surface area contributed by atoms with Gasteiger partial charge in [0.25, 0.3) is 0 Å². The van der Waals surface area contributed by atoms with Crippen molar-refractivity contribution in [2.45, 2.75) is 39.5 Å². The van der Waals surface area contributed by atoms with Crippen LogP contribution in [0.3, 0.4) is 0 Å². The van der Waals surface area contributed by atoms with Gasteiger partial charge in [0.2, 0.25) is 6.41 Å². The van der Waals surface area contributed by atoms with Crippen LogP contribution in [0.4, 0.5) is 4.79 Å². The zero-order valence-corrected chi connectivity index (χ0v) is 21.1. The number of alkyl carbamates (subject to hydrolysis) is 1. The van der Waals surface area contributed by atoms with Crippen LogP contribution < -0.4 is 5.32 Å². The Bertz CT molecular complexity index is 1180. The lowest BCUT2D eigenvalue weighted by atomic mass is 10.0. The molecule has 3 heterocycles. The van der Waals surface area contributed by atoms with E-state index in [-0.39, 0.29) is 18.8 Å². The summed E-state index contributed by atoms with van der Waals surface area (Å²) in [6.07, 6.45) is 4.33. The summed E-state index contributed by atoms with van der Waals surface area (Å²) < 4.78 is 12.2. The van der Waals surface area contributed by atoms with Gasteiger partial charge in [-0.2, -0.15) is 0 Å². The lowest BCUT2D eigenvalue weighted by molar-refractivity contribution is -0.116. The predicted octanol–water partition coefficient (Wildman–Crippen LogP) is 4.29. The molecule has 186 valence electrons. The number of fused-ring (bicyclic) bond motifs is 1. The Hall–Kier alpha value is -3.65. The van der Waals surface area contributed by atoms with E-state index in [0.717, 1.165) is 39.8 Å². The minimum absolute atomic E-state index is 0.0417. The van der Waals surface area contributed by atoms with Crippen molar-refractivity contribution in [2.75, 3.05) is 20.2 Å². The Balaban J connectivity index is 0.000000509. The first-order chi connectivity index (χ1) is 16.7. The van der Waals surface area contributed by atoms with Crippen LogP contribution in [0.25, 0.3) is 16.6 Å². The monoisotopic (exact) mass is 478 g/mol. The zero-order valence-electron chi connectivity index (χ0n) is 21.1. The summed E-state index contributed by atoms with van der Waals surface area (Å²) in [7, 11) is 3.67. The third kappa shape index (κ3) is 7.42. The number of nitrogens with one attached hydrogen (secondary N) is 1. The maximum absolute atomic E-state index is 12.2. The Morgan fingerprint density at radius 3 is 2.54 bits per heavy atom. The summed E-state index contributed by atoms with van der Waals surface area (Å²) in [6, 6.07) is 13.5. The number of pyridine rings is 1. The molecule has 35 heavy (non-hydrogen) atoms. The number of methoxy groups -OCH3 is 1. The lowest BCUT2D eigenvalue weighted by Gasteiger charge is -2.14. The normalized spacial score (nSPS) is 13.2. The standard InChI is InChI=1S/C22H22N4O3.C5H12O/c1-25-9-8-19-21(25)11-18(17-7-10-26(13-17)15-27)20(24-19)12-23-22(28)29-14-16-5-3-2-4-6-16;1-5(2,3)6-4/h2-9,11,15H,10,12-14H2,1H3,(H,23,28);1-4H3. The van der Waals surface area contributed by atoms with Crippen LogP contribution in [0.1, 0.15) is 37.6 Å². The quantitative estimate of drug-likeness (QED) is 0.535. The van der Waals surface area contributed by atoms with Crippen molar-refractivity contribution in [2.24, 2.45) is 7.05 Å². The van der Waals surface area contributed by atoms with E-state index in [4.69, 9.17) is 14.5 Å². The first-order valence-electron chi connectivity index (χ1n) is 11.5. The Kier molecular flexibility index (Phi) is 8.65. The van der Waals surface area contributed by atoms with Gasteiger partial charge >= 0.3 is 6.09 Å². The van der Waals surface area contributed by atoms with E-state index in [0.29, 0.717) is 13.1 Å². The number of aryl methyl sites for hydroxylation is 1. The van der Waals surface area contributed by atoms with Gasteiger partial charge in [0.1, 0.15) is 6.61 Å². The molecule has 4 rings (SSSR count). The molecule has 1 aliphatic rings. The number of hydrogen-bond acceptors (Lipinski definition) is 5. The average molecular weight is 479 g/mol. The van der Waals surface area contributed by atoms with Crippen molar-refractivity contribution in [3.8, 4) is 0 Å². The summed E-state index contributed by atoms with van der Waals surface area (Å²) in [5, 5.41) is 2.79. The fourth-order valence-corrected chi connectivity index (χ4v) is 3.42. The number of carbonyl (C=O) groups is 2. The van der Waals surface area contributed by atoms with Gasteiger partial charge in [0.15, 0.2) is 0 Å². The molecule has 0 spiro atoms. The molecule has 0 bridgehead atoms. The van der Waals surface area contributed by atoms with E-state index in [1.54, 1.807) is 12.0 Å². The highest BCUT2D eigenvalue weighted by Gasteiger charge is 2.19. The van der Waals surface area contributed by atoms with E-state index in [2.05, 4.69) is 11.4 Å². The lowest BCUT2D eigenvalue weighted by Crippen LogP contribution is -2.25. The average Bonchev–Trinajstić information content (AvgIpc) is 3.48. The molecule has 2 aromatic heterocycles. The maximum Gasteiger partial charge on any atom is 0.407 e. The van der Waals surface area contributed by atoms with Crippen molar-refractivity contribution >= 4 is 29.1 Å². The van der Waals surface area contributed by atoms with Gasteiger partial charge in [-0.05, 0) is 44.0 Å². The van der Waals surface area contributed by atoms with E-state index >= 15 is 0 Å². The number of rotatable bonds is 6. The molecule has 0 radical (unpaired) electrons. The largest absolute Gasteiger partial charge is 0.445 e. The van der Waals surface area contributed by atoms with E-state index in [1.807, 2.05) is 81.1 Å². The van der Waals surface area contributed by atoms with Gasteiger partial charge in [0, 0.05) is 39.0 Å². The molecule has 0 atom stereocenters. The van der Waals surface area contributed by atoms with Crippen LogP contribution in [0.5, 0.6) is 0 Å². The number of nitrogens with zero attached hydrogens (tertiary/aromatic N) is 3. The van der Waals surface area contributed by atoms with E-state index < -0.39 is 6.09 Å². The summed E-state index contributed by atoms with van der Waals surface area (Å²) in [5.74, 6) is 0. The second-order valence-corrected chi connectivity index (χ2v) is 9.31. The first kappa shape index (κ1) is 26.0. The summed E-state index contributed by atoms with van der Waals surface area (Å²) >= 11 is 0. The minimum atomic E-state index is -0.496. The van der Waals surface area contributed by atoms with Crippen molar-refractivity contribution in [3.05, 3.63) is 71.6 Å². The van der Waals surface area contributed by atoms with Gasteiger partial charge in [-0.3, -0.25) is 4.79 Å². The predicted molar refractivity (Wildman–Crippen MR) is 137 cm³/mol. The molecule has 1 N–H and O–H groups in total. The van der Waals surface area contributed by atoms with E-state index in [1.165, 1.54) is 0 Å². The Morgan fingerprint density at radius 2 is 1.91 bits per heavy atom. The molecule has 1 aliphatic heterocycles. The second-order valence-electron chi connectivity index (χ2n) is 9.31. The molecule has 0 unspecified atom stereocenters. The van der Waals surface area contributed by atoms with Crippen LogP contribution in [-0.2, 0) is 34.5 Å². The molecule has 0 aliphatic carbocycles. The summed E-state index contributed by atoms with van der Waals surface area (Å²) in [5.41, 5.74) is 5.54. The molecule has 0 saturated carbocycles. The minimum Gasteiger partial charge on any atom is -0.445 e. The number of amides is 2. The Morgan fingerprint density at radius 1 is 1.20 bits per heavy atom. The van der Waals surface area contributed by atoms with Gasteiger partial charge in [0.05, 0.1) is 28.9 Å². The van der Waals surface area contributed by atoms with Gasteiger partial charge in [-0.25, -0.2) is 9.78 Å². The number of ether oxygens (including phenoxy) is 2. The molecule has 2 amide bonds. The van der Waals surface area contributed by atoms with Crippen molar-refractivity contribution < 1.29 is 19.1 Å². The highest BCUT2D eigenvalue weighted by atomic mass is 16.5. The molecular weight excluding hydrogens is 444 g/mol.